The number of halogens is 1. The first-order valence-corrected chi connectivity index (χ1v) is 10.5. The van der Waals surface area contributed by atoms with Crippen LogP contribution in [0, 0.1) is 5.82 Å². The fraction of sp³-hybridized carbons (Fsp3) is 0.208. The van der Waals surface area contributed by atoms with Crippen LogP contribution < -0.4 is 5.32 Å². The number of aromatic nitrogens is 4. The standard InChI is InChI=1S/C24H23FN6O/c1-29-12-13-31-20(15-29)23(24(28-31)17-4-6-19(25)7-5-17)18-8-9-26-21(14-18)27-22(32)16-30-10-2-3-11-30/h2-11,14H,12-13,15-16H2,1H3,(H,26,27,32). The summed E-state index contributed by atoms with van der Waals surface area (Å²) in [4.78, 5) is 19.0. The predicted molar refractivity (Wildman–Crippen MR) is 120 cm³/mol. The number of amides is 1. The summed E-state index contributed by atoms with van der Waals surface area (Å²) in [6, 6.07) is 13.9. The van der Waals surface area contributed by atoms with Gasteiger partial charge in [-0.05, 0) is 61.1 Å². The van der Waals surface area contributed by atoms with Gasteiger partial charge in [-0.15, -0.1) is 0 Å². The van der Waals surface area contributed by atoms with E-state index >= 15 is 0 Å². The molecule has 1 N–H and O–H groups in total. The summed E-state index contributed by atoms with van der Waals surface area (Å²) >= 11 is 0. The van der Waals surface area contributed by atoms with E-state index in [2.05, 4.69) is 22.2 Å². The van der Waals surface area contributed by atoms with Crippen molar-refractivity contribution >= 4 is 11.7 Å². The predicted octanol–water partition coefficient (Wildman–Crippen LogP) is 3.64. The number of carbonyl (C=O) groups excluding carboxylic acids is 1. The summed E-state index contributed by atoms with van der Waals surface area (Å²) in [5.74, 6) is 0.0470. The summed E-state index contributed by atoms with van der Waals surface area (Å²) in [6.07, 6.45) is 5.37. The third-order valence-corrected chi connectivity index (χ3v) is 5.60. The van der Waals surface area contributed by atoms with Crippen molar-refractivity contribution in [3.63, 3.8) is 0 Å². The molecular formula is C24H23FN6O. The zero-order valence-corrected chi connectivity index (χ0v) is 17.7. The average Bonchev–Trinajstić information content (AvgIpc) is 3.41. The van der Waals surface area contributed by atoms with Gasteiger partial charge < -0.3 is 9.88 Å². The Morgan fingerprint density at radius 2 is 1.88 bits per heavy atom. The first-order valence-electron chi connectivity index (χ1n) is 10.5. The molecule has 0 bridgehead atoms. The van der Waals surface area contributed by atoms with E-state index in [-0.39, 0.29) is 18.3 Å². The Labute approximate surface area is 185 Å². The lowest BCUT2D eigenvalue weighted by Crippen LogP contribution is -2.30. The van der Waals surface area contributed by atoms with Crippen LogP contribution in [0.2, 0.25) is 0 Å². The molecule has 3 aromatic heterocycles. The molecule has 7 nitrogen and oxygen atoms in total. The Morgan fingerprint density at radius 1 is 1.09 bits per heavy atom. The van der Waals surface area contributed by atoms with E-state index in [1.807, 2.05) is 41.3 Å². The van der Waals surface area contributed by atoms with E-state index in [9.17, 15) is 9.18 Å². The Morgan fingerprint density at radius 3 is 2.66 bits per heavy atom. The number of rotatable bonds is 5. The first kappa shape index (κ1) is 20.1. The molecule has 4 aromatic rings. The van der Waals surface area contributed by atoms with Crippen molar-refractivity contribution in [2.75, 3.05) is 18.9 Å². The van der Waals surface area contributed by atoms with E-state index in [0.717, 1.165) is 47.7 Å². The van der Waals surface area contributed by atoms with Crippen LogP contribution in [0.4, 0.5) is 10.2 Å². The van der Waals surface area contributed by atoms with Crippen molar-refractivity contribution in [3.05, 3.63) is 78.6 Å². The number of pyridine rings is 1. The van der Waals surface area contributed by atoms with Crippen molar-refractivity contribution in [2.24, 2.45) is 0 Å². The molecule has 32 heavy (non-hydrogen) atoms. The molecule has 0 aliphatic carbocycles. The van der Waals surface area contributed by atoms with Gasteiger partial charge in [-0.3, -0.25) is 14.4 Å². The fourth-order valence-electron chi connectivity index (χ4n) is 4.03. The molecule has 0 spiro atoms. The first-order chi connectivity index (χ1) is 15.6. The molecule has 1 aliphatic heterocycles. The number of likely N-dealkylation sites (N-methyl/N-ethyl adjacent to an activating group) is 1. The highest BCUT2D eigenvalue weighted by atomic mass is 19.1. The zero-order chi connectivity index (χ0) is 22.1. The topological polar surface area (TPSA) is 68.0 Å². The molecule has 0 saturated heterocycles. The average molecular weight is 430 g/mol. The number of nitrogens with zero attached hydrogens (tertiary/aromatic N) is 5. The lowest BCUT2D eigenvalue weighted by atomic mass is 9.98. The van der Waals surface area contributed by atoms with E-state index in [1.54, 1.807) is 22.9 Å². The van der Waals surface area contributed by atoms with Crippen molar-refractivity contribution in [2.45, 2.75) is 19.6 Å². The van der Waals surface area contributed by atoms with Gasteiger partial charge in [0, 0.05) is 42.8 Å². The van der Waals surface area contributed by atoms with Gasteiger partial charge in [-0.1, -0.05) is 0 Å². The number of anilines is 1. The smallest absolute Gasteiger partial charge is 0.245 e. The molecule has 4 heterocycles. The Bertz CT molecular complexity index is 1250. The third kappa shape index (κ3) is 4.04. The molecule has 0 saturated carbocycles. The number of hydrogen-bond acceptors (Lipinski definition) is 4. The number of hydrogen-bond donors (Lipinski definition) is 1. The molecule has 0 atom stereocenters. The highest BCUT2D eigenvalue weighted by Crippen LogP contribution is 2.37. The monoisotopic (exact) mass is 430 g/mol. The van der Waals surface area contributed by atoms with Gasteiger partial charge in [0.05, 0.1) is 12.2 Å². The van der Waals surface area contributed by atoms with Crippen LogP contribution in [0.5, 0.6) is 0 Å². The second-order valence-corrected chi connectivity index (χ2v) is 7.97. The lowest BCUT2D eigenvalue weighted by molar-refractivity contribution is -0.116. The zero-order valence-electron chi connectivity index (χ0n) is 17.7. The van der Waals surface area contributed by atoms with Gasteiger partial charge in [0.1, 0.15) is 23.9 Å². The molecule has 1 aliphatic rings. The van der Waals surface area contributed by atoms with Crippen molar-refractivity contribution in [3.8, 4) is 22.4 Å². The molecule has 1 aromatic carbocycles. The van der Waals surface area contributed by atoms with Crippen LogP contribution >= 0.6 is 0 Å². The van der Waals surface area contributed by atoms with E-state index in [1.165, 1.54) is 12.1 Å². The maximum atomic E-state index is 13.5. The molecule has 5 rings (SSSR count). The minimum Gasteiger partial charge on any atom is -0.345 e. The van der Waals surface area contributed by atoms with Crippen LogP contribution in [-0.2, 0) is 24.4 Å². The van der Waals surface area contributed by atoms with Gasteiger partial charge in [0.2, 0.25) is 5.91 Å². The second kappa shape index (κ2) is 8.39. The number of benzene rings is 1. The van der Waals surface area contributed by atoms with Crippen molar-refractivity contribution in [1.82, 2.24) is 24.2 Å². The molecule has 8 heteroatoms. The highest BCUT2D eigenvalue weighted by molar-refractivity contribution is 5.91. The Kier molecular flexibility index (Phi) is 5.28. The number of carbonyl (C=O) groups is 1. The summed E-state index contributed by atoms with van der Waals surface area (Å²) < 4.78 is 17.4. The third-order valence-electron chi connectivity index (χ3n) is 5.60. The minimum absolute atomic E-state index is 0.152. The molecule has 1 amide bonds. The second-order valence-electron chi connectivity index (χ2n) is 7.97. The maximum absolute atomic E-state index is 13.5. The van der Waals surface area contributed by atoms with Crippen LogP contribution in [-0.4, -0.2) is 43.7 Å². The van der Waals surface area contributed by atoms with E-state index in [0.29, 0.717) is 5.82 Å². The minimum atomic E-state index is -0.282. The molecular weight excluding hydrogens is 407 g/mol. The summed E-state index contributed by atoms with van der Waals surface area (Å²) in [7, 11) is 2.08. The molecule has 0 unspecified atom stereocenters. The summed E-state index contributed by atoms with van der Waals surface area (Å²) in [6.45, 7) is 2.66. The van der Waals surface area contributed by atoms with Gasteiger partial charge in [0.15, 0.2) is 0 Å². The quantitative estimate of drug-likeness (QED) is 0.525. The Hall–Kier alpha value is -3.78. The van der Waals surface area contributed by atoms with Crippen LogP contribution in [0.15, 0.2) is 67.1 Å². The van der Waals surface area contributed by atoms with E-state index < -0.39 is 0 Å². The SMILES string of the molecule is CN1CCn2nc(-c3ccc(F)cc3)c(-c3ccnc(NC(=O)Cn4cccc4)c3)c2C1. The van der Waals surface area contributed by atoms with Gasteiger partial charge in [0.25, 0.3) is 0 Å². The number of nitrogens with one attached hydrogen (secondary N) is 1. The number of fused-ring (bicyclic) bond motifs is 1. The Balaban J connectivity index is 1.52. The normalized spacial score (nSPS) is 13.7. The summed E-state index contributed by atoms with van der Waals surface area (Å²) in [5, 5.41) is 7.74. The van der Waals surface area contributed by atoms with Gasteiger partial charge in [-0.2, -0.15) is 5.10 Å². The lowest BCUT2D eigenvalue weighted by Gasteiger charge is -2.24. The van der Waals surface area contributed by atoms with Crippen LogP contribution in [0.25, 0.3) is 22.4 Å². The van der Waals surface area contributed by atoms with Crippen molar-refractivity contribution < 1.29 is 9.18 Å². The molecule has 0 radical (unpaired) electrons. The van der Waals surface area contributed by atoms with Crippen LogP contribution in [0.1, 0.15) is 5.69 Å². The van der Waals surface area contributed by atoms with Crippen molar-refractivity contribution in [1.29, 1.82) is 0 Å². The fourth-order valence-corrected chi connectivity index (χ4v) is 4.03. The highest BCUT2D eigenvalue weighted by Gasteiger charge is 2.25. The van der Waals surface area contributed by atoms with Gasteiger partial charge in [-0.25, -0.2) is 9.37 Å². The largest absolute Gasteiger partial charge is 0.345 e. The molecule has 162 valence electrons. The van der Waals surface area contributed by atoms with Gasteiger partial charge >= 0.3 is 0 Å². The maximum Gasteiger partial charge on any atom is 0.245 e. The van der Waals surface area contributed by atoms with E-state index in [4.69, 9.17) is 5.10 Å². The summed E-state index contributed by atoms with van der Waals surface area (Å²) in [5.41, 5.74) is 4.62. The molecule has 0 fully saturated rings. The van der Waals surface area contributed by atoms with Crippen LogP contribution in [0.3, 0.4) is 0 Å².